The van der Waals surface area contributed by atoms with Gasteiger partial charge in [-0.2, -0.15) is 0 Å². The Kier molecular flexibility index (Phi) is 3.19. The van der Waals surface area contributed by atoms with Gasteiger partial charge >= 0.3 is 0 Å². The third-order valence-corrected chi connectivity index (χ3v) is 5.72. The molecule has 0 amide bonds. The molecule has 5 heteroatoms. The molecular weight excluding hydrogens is 208 g/mol. The van der Waals surface area contributed by atoms with Crippen molar-refractivity contribution in [3.63, 3.8) is 0 Å². The Labute approximate surface area is 84.1 Å². The molecule has 0 heterocycles. The molecule has 2 nitrogen and oxygen atoms in total. The second kappa shape index (κ2) is 3.76. The highest BCUT2D eigenvalue weighted by Crippen LogP contribution is 2.36. The van der Waals surface area contributed by atoms with Gasteiger partial charge in [-0.3, -0.25) is 4.78 Å². The Morgan fingerprint density at radius 2 is 1.79 bits per heavy atom. The van der Waals surface area contributed by atoms with Gasteiger partial charge in [0.15, 0.2) is 0 Å². The number of hydrogen-bond acceptors (Lipinski definition) is 2. The van der Waals surface area contributed by atoms with Gasteiger partial charge in [0.25, 0.3) is 0 Å². The summed E-state index contributed by atoms with van der Waals surface area (Å²) in [6.45, 7) is 3.45. The minimum absolute atomic E-state index is 0.208. The molecule has 14 heavy (non-hydrogen) atoms. The third-order valence-electron chi connectivity index (χ3n) is 2.86. The molecule has 84 valence electrons. The summed E-state index contributed by atoms with van der Waals surface area (Å²) in [4.78, 5) is 0. The first-order chi connectivity index (χ1) is 6.26. The zero-order chi connectivity index (χ0) is 11.0. The maximum Gasteiger partial charge on any atom is 0.248 e. The average Bonchev–Trinajstić information content (AvgIpc) is 2.03. The monoisotopic (exact) mass is 225 g/mol. The van der Waals surface area contributed by atoms with E-state index in [1.807, 2.05) is 0 Å². The van der Waals surface area contributed by atoms with Gasteiger partial charge in [-0.05, 0) is 12.8 Å². The molecule has 0 saturated heterocycles. The highest BCUT2D eigenvalue weighted by molar-refractivity contribution is 7.93. The normalized spacial score (nSPS) is 27.5. The van der Waals surface area contributed by atoms with Gasteiger partial charge in [0, 0.05) is 33.1 Å². The summed E-state index contributed by atoms with van der Waals surface area (Å²) < 4.78 is 45.2. The average molecular weight is 225 g/mol. The van der Waals surface area contributed by atoms with Gasteiger partial charge in [-0.15, -0.1) is 0 Å². The lowest BCUT2D eigenvalue weighted by Gasteiger charge is -2.30. The van der Waals surface area contributed by atoms with Crippen molar-refractivity contribution in [1.29, 1.82) is 4.78 Å². The van der Waals surface area contributed by atoms with Crippen molar-refractivity contribution in [2.24, 2.45) is 0 Å². The zero-order valence-corrected chi connectivity index (χ0v) is 9.37. The SMILES string of the molecule is CC(C)S(=N)(=O)C1CCC(F)(F)CC1. The van der Waals surface area contributed by atoms with E-state index in [4.69, 9.17) is 4.78 Å². The van der Waals surface area contributed by atoms with Crippen molar-refractivity contribution in [3.8, 4) is 0 Å². The van der Waals surface area contributed by atoms with Gasteiger partial charge in [0.05, 0.1) is 0 Å². The smallest absolute Gasteiger partial charge is 0.248 e. The van der Waals surface area contributed by atoms with Crippen LogP contribution in [0.3, 0.4) is 0 Å². The van der Waals surface area contributed by atoms with Crippen LogP contribution in [0.4, 0.5) is 8.78 Å². The molecular formula is C9H17F2NOS. The summed E-state index contributed by atoms with van der Waals surface area (Å²) >= 11 is 0. The van der Waals surface area contributed by atoms with E-state index in [1.165, 1.54) is 0 Å². The minimum atomic E-state index is -2.68. The zero-order valence-electron chi connectivity index (χ0n) is 8.56. The van der Waals surface area contributed by atoms with Gasteiger partial charge < -0.3 is 0 Å². The maximum atomic E-state index is 12.8. The topological polar surface area (TPSA) is 40.9 Å². The number of rotatable bonds is 2. The molecule has 1 rings (SSSR count). The van der Waals surface area contributed by atoms with E-state index in [-0.39, 0.29) is 36.2 Å². The lowest BCUT2D eigenvalue weighted by Crippen LogP contribution is -2.35. The van der Waals surface area contributed by atoms with Crippen LogP contribution in [-0.2, 0) is 9.73 Å². The fourth-order valence-corrected chi connectivity index (χ4v) is 3.45. The lowest BCUT2D eigenvalue weighted by molar-refractivity contribution is -0.0327. The van der Waals surface area contributed by atoms with E-state index < -0.39 is 15.7 Å². The molecule has 0 radical (unpaired) electrons. The van der Waals surface area contributed by atoms with E-state index >= 15 is 0 Å². The molecule has 0 bridgehead atoms. The predicted octanol–water partition coefficient (Wildman–Crippen LogP) is 3.02. The van der Waals surface area contributed by atoms with E-state index in [0.717, 1.165) is 0 Å². The standard InChI is InChI=1S/C9H17F2NOS/c1-7(2)14(12,13)8-3-5-9(10,11)6-4-8/h7-8,12H,3-6H2,1-2H3. The van der Waals surface area contributed by atoms with Crippen molar-refractivity contribution in [2.75, 3.05) is 0 Å². The molecule has 1 saturated carbocycles. The van der Waals surface area contributed by atoms with Crippen molar-refractivity contribution in [1.82, 2.24) is 0 Å². The second-order valence-corrected chi connectivity index (χ2v) is 7.16. The molecule has 0 aromatic heterocycles. The number of alkyl halides is 2. The largest absolute Gasteiger partial charge is 0.252 e. The van der Waals surface area contributed by atoms with Gasteiger partial charge in [0.2, 0.25) is 5.92 Å². The summed E-state index contributed by atoms with van der Waals surface area (Å²) in [6.07, 6.45) is 0.0432. The Hall–Kier alpha value is -0.190. The van der Waals surface area contributed by atoms with Crippen LogP contribution in [0, 0.1) is 4.78 Å². The first-order valence-corrected chi connectivity index (χ1v) is 6.58. The summed E-state index contributed by atoms with van der Waals surface area (Å²) in [5, 5.41) is -0.568. The molecule has 0 aliphatic heterocycles. The van der Waals surface area contributed by atoms with Gasteiger partial charge in [-0.25, -0.2) is 13.0 Å². The Bertz CT molecular complexity index is 288. The molecule has 1 fully saturated rings. The number of halogens is 2. The molecule has 1 N–H and O–H groups in total. The maximum absolute atomic E-state index is 12.8. The Morgan fingerprint density at radius 1 is 1.36 bits per heavy atom. The van der Waals surface area contributed by atoms with Crippen molar-refractivity contribution in [2.45, 2.75) is 56.0 Å². The molecule has 0 spiro atoms. The van der Waals surface area contributed by atoms with Crippen molar-refractivity contribution in [3.05, 3.63) is 0 Å². The van der Waals surface area contributed by atoms with Crippen LogP contribution >= 0.6 is 0 Å². The summed E-state index contributed by atoms with van der Waals surface area (Å²) in [7, 11) is -2.68. The van der Waals surface area contributed by atoms with Crippen LogP contribution in [0.15, 0.2) is 0 Å². The van der Waals surface area contributed by atoms with Crippen LogP contribution in [-0.4, -0.2) is 20.6 Å². The second-order valence-electron chi connectivity index (χ2n) is 4.25. The van der Waals surface area contributed by atoms with E-state index in [1.54, 1.807) is 13.8 Å². The van der Waals surface area contributed by atoms with Crippen LogP contribution in [0.2, 0.25) is 0 Å². The Morgan fingerprint density at radius 3 is 2.14 bits per heavy atom. The molecule has 1 unspecified atom stereocenters. The molecule has 0 aromatic carbocycles. The van der Waals surface area contributed by atoms with Crippen LogP contribution < -0.4 is 0 Å². The quantitative estimate of drug-likeness (QED) is 0.771. The summed E-state index contributed by atoms with van der Waals surface area (Å²) in [6, 6.07) is 0. The molecule has 1 aliphatic rings. The van der Waals surface area contributed by atoms with Crippen LogP contribution in [0.25, 0.3) is 0 Å². The minimum Gasteiger partial charge on any atom is -0.252 e. The molecule has 0 aromatic rings. The molecule has 1 atom stereocenters. The first-order valence-electron chi connectivity index (χ1n) is 4.90. The summed E-state index contributed by atoms with van der Waals surface area (Å²) in [5.41, 5.74) is 0. The van der Waals surface area contributed by atoms with Crippen molar-refractivity contribution >= 4 is 9.73 Å². The van der Waals surface area contributed by atoms with E-state index in [9.17, 15) is 13.0 Å². The van der Waals surface area contributed by atoms with E-state index in [0.29, 0.717) is 0 Å². The summed E-state index contributed by atoms with van der Waals surface area (Å²) in [5.74, 6) is -2.59. The number of nitrogens with one attached hydrogen (secondary N) is 1. The molecule has 1 aliphatic carbocycles. The lowest BCUT2D eigenvalue weighted by atomic mass is 9.96. The third kappa shape index (κ3) is 2.43. The van der Waals surface area contributed by atoms with Crippen molar-refractivity contribution < 1.29 is 13.0 Å². The van der Waals surface area contributed by atoms with Crippen LogP contribution in [0.5, 0.6) is 0 Å². The highest BCUT2D eigenvalue weighted by atomic mass is 32.2. The Balaban J connectivity index is 2.68. The fraction of sp³-hybridized carbons (Fsp3) is 1.00. The first kappa shape index (κ1) is 11.9. The fourth-order valence-electron chi connectivity index (χ4n) is 1.75. The van der Waals surface area contributed by atoms with Gasteiger partial charge in [-0.1, -0.05) is 13.8 Å². The number of hydrogen-bond donors (Lipinski definition) is 1. The highest BCUT2D eigenvalue weighted by Gasteiger charge is 2.38. The van der Waals surface area contributed by atoms with E-state index in [2.05, 4.69) is 0 Å². The van der Waals surface area contributed by atoms with Gasteiger partial charge in [0.1, 0.15) is 0 Å². The van der Waals surface area contributed by atoms with Crippen LogP contribution in [0.1, 0.15) is 39.5 Å². The predicted molar refractivity (Wildman–Crippen MR) is 53.2 cm³/mol.